The van der Waals surface area contributed by atoms with Gasteiger partial charge in [-0.05, 0) is 6.08 Å². The molecule has 1 heterocycles. The average molecular weight is 210 g/mol. The van der Waals surface area contributed by atoms with Crippen LogP contribution in [0.25, 0.3) is 0 Å². The predicted molar refractivity (Wildman–Crippen MR) is 64.3 cm³/mol. The number of carbonyl (C=O) groups is 1. The van der Waals surface area contributed by atoms with Crippen molar-refractivity contribution < 1.29 is 4.79 Å². The third kappa shape index (κ3) is 6.91. The first-order valence-electron chi connectivity index (χ1n) is 5.40. The smallest absolute Gasteiger partial charge is 0.132 e. The molecule has 0 aromatic carbocycles. The van der Waals surface area contributed by atoms with Gasteiger partial charge >= 0.3 is 0 Å². The normalized spacial score (nSPS) is 13.8. The zero-order valence-electron chi connectivity index (χ0n) is 10.2. The third-order valence-electron chi connectivity index (χ3n) is 2.10. The zero-order chi connectivity index (χ0) is 11.7. The molecule has 86 valence electrons. The number of Topliss-reactive ketones (excluding diaryl/α,β-unsaturated/α-hetero) is 1. The van der Waals surface area contributed by atoms with Gasteiger partial charge in [0.05, 0.1) is 6.54 Å². The summed E-state index contributed by atoms with van der Waals surface area (Å²) < 4.78 is 0. The number of nitrogens with zero attached hydrogens (tertiary/aromatic N) is 2. The lowest BCUT2D eigenvalue weighted by Gasteiger charge is -2.27. The van der Waals surface area contributed by atoms with Crippen LogP contribution < -0.4 is 0 Å². The molecule has 0 radical (unpaired) electrons. The molecule has 0 aromatic rings. The molecule has 0 aliphatic carbocycles. The molecule has 0 saturated carbocycles. The van der Waals surface area contributed by atoms with Gasteiger partial charge in [0.2, 0.25) is 0 Å². The molecule has 1 aliphatic heterocycles. The minimum atomic E-state index is 0.343. The van der Waals surface area contributed by atoms with Gasteiger partial charge in [-0.15, -0.1) is 0 Å². The molecule has 15 heavy (non-hydrogen) atoms. The van der Waals surface area contributed by atoms with Crippen molar-refractivity contribution in [2.24, 2.45) is 0 Å². The van der Waals surface area contributed by atoms with Gasteiger partial charge in [-0.25, -0.2) is 5.01 Å². The molecule has 0 N–H and O–H groups in total. The van der Waals surface area contributed by atoms with E-state index in [1.54, 1.807) is 0 Å². The first-order chi connectivity index (χ1) is 7.11. The molecule has 0 amide bonds. The lowest BCUT2D eigenvalue weighted by atomic mass is 10.3. The monoisotopic (exact) mass is 210 g/mol. The van der Waals surface area contributed by atoms with Crippen LogP contribution in [-0.4, -0.2) is 36.4 Å². The highest BCUT2D eigenvalue weighted by Gasteiger charge is 1.98. The first-order valence-corrected chi connectivity index (χ1v) is 5.40. The molecule has 0 atom stereocenters. The number of hydrazine groups is 1. The van der Waals surface area contributed by atoms with Gasteiger partial charge in [0.15, 0.2) is 0 Å². The van der Waals surface area contributed by atoms with E-state index in [4.69, 9.17) is 0 Å². The maximum Gasteiger partial charge on any atom is 0.132 e. The summed E-state index contributed by atoms with van der Waals surface area (Å²) in [4.78, 5) is 10.2. The van der Waals surface area contributed by atoms with Crippen LogP contribution in [0.4, 0.5) is 0 Å². The number of hydrogen-bond acceptors (Lipinski definition) is 3. The lowest BCUT2D eigenvalue weighted by molar-refractivity contribution is -0.118. The fourth-order valence-electron chi connectivity index (χ4n) is 1.00. The van der Waals surface area contributed by atoms with Crippen LogP contribution in [0.15, 0.2) is 24.4 Å². The Morgan fingerprint density at radius 2 is 1.87 bits per heavy atom. The maximum atomic E-state index is 10.2. The van der Waals surface area contributed by atoms with Crippen LogP contribution in [0.5, 0.6) is 0 Å². The van der Waals surface area contributed by atoms with Crippen LogP contribution in [0.3, 0.4) is 0 Å². The Balaban J connectivity index is 0.000000288. The molecule has 1 rings (SSSR count). The summed E-state index contributed by atoms with van der Waals surface area (Å²) >= 11 is 0. The first kappa shape index (κ1) is 13.9. The summed E-state index contributed by atoms with van der Waals surface area (Å²) in [5, 5.41) is 4.18. The highest BCUT2D eigenvalue weighted by atomic mass is 16.1. The van der Waals surface area contributed by atoms with E-state index in [-0.39, 0.29) is 0 Å². The van der Waals surface area contributed by atoms with Gasteiger partial charge in [-0.1, -0.05) is 26.0 Å². The van der Waals surface area contributed by atoms with E-state index in [1.807, 2.05) is 34.0 Å². The second-order valence-corrected chi connectivity index (χ2v) is 3.48. The summed E-state index contributed by atoms with van der Waals surface area (Å²) in [7, 11) is 4.06. The fourth-order valence-corrected chi connectivity index (χ4v) is 1.00. The van der Waals surface area contributed by atoms with Crippen molar-refractivity contribution in [3.63, 3.8) is 0 Å². The van der Waals surface area contributed by atoms with Crippen molar-refractivity contribution in [3.8, 4) is 0 Å². The predicted octanol–water partition coefficient (Wildman–Crippen LogP) is 2.22. The van der Waals surface area contributed by atoms with Gasteiger partial charge in [-0.2, -0.15) is 0 Å². The summed E-state index contributed by atoms with van der Waals surface area (Å²) in [5.41, 5.74) is 0. The van der Waals surface area contributed by atoms with Gasteiger partial charge in [0.1, 0.15) is 5.78 Å². The molecule has 0 spiro atoms. The number of rotatable bonds is 3. The largest absolute Gasteiger partial charge is 0.310 e. The van der Waals surface area contributed by atoms with Crippen LogP contribution in [0.1, 0.15) is 26.7 Å². The van der Waals surface area contributed by atoms with E-state index < -0.39 is 0 Å². The fraction of sp³-hybridized carbons (Fsp3) is 0.583. The summed E-state index contributed by atoms with van der Waals surface area (Å²) in [6, 6.07) is 0. The Morgan fingerprint density at radius 3 is 2.07 bits per heavy atom. The SMILES string of the molecule is CCC(=O)CC.CN(C)N1C=CC=CC1. The number of ketones is 1. The Kier molecular flexibility index (Phi) is 7.64. The maximum absolute atomic E-state index is 10.2. The van der Waals surface area contributed by atoms with E-state index in [0.717, 1.165) is 6.54 Å². The Hall–Kier alpha value is -1.09. The van der Waals surface area contributed by atoms with Crippen LogP contribution in [0.2, 0.25) is 0 Å². The Morgan fingerprint density at radius 1 is 1.27 bits per heavy atom. The molecule has 0 unspecified atom stereocenters. The summed E-state index contributed by atoms with van der Waals surface area (Å²) in [5.74, 6) is 0.343. The van der Waals surface area contributed by atoms with Crippen molar-refractivity contribution in [3.05, 3.63) is 24.4 Å². The van der Waals surface area contributed by atoms with E-state index in [1.165, 1.54) is 0 Å². The molecule has 0 aromatic heterocycles. The molecule has 0 saturated heterocycles. The van der Waals surface area contributed by atoms with Gasteiger partial charge < -0.3 is 5.01 Å². The topological polar surface area (TPSA) is 23.6 Å². The van der Waals surface area contributed by atoms with Crippen LogP contribution >= 0.6 is 0 Å². The summed E-state index contributed by atoms with van der Waals surface area (Å²) in [6.07, 6.45) is 9.65. The van der Waals surface area contributed by atoms with Crippen LogP contribution in [0, 0.1) is 0 Å². The van der Waals surface area contributed by atoms with Crippen molar-refractivity contribution in [2.45, 2.75) is 26.7 Å². The van der Waals surface area contributed by atoms with Crippen LogP contribution in [-0.2, 0) is 4.79 Å². The quantitative estimate of drug-likeness (QED) is 0.713. The van der Waals surface area contributed by atoms with Crippen molar-refractivity contribution in [2.75, 3.05) is 20.6 Å². The molecule has 3 nitrogen and oxygen atoms in total. The molecular weight excluding hydrogens is 188 g/mol. The second kappa shape index (κ2) is 8.24. The van der Waals surface area contributed by atoms with E-state index >= 15 is 0 Å². The highest BCUT2D eigenvalue weighted by Crippen LogP contribution is 1.98. The molecule has 3 heteroatoms. The van der Waals surface area contributed by atoms with Crippen molar-refractivity contribution in [1.29, 1.82) is 0 Å². The van der Waals surface area contributed by atoms with Crippen molar-refractivity contribution >= 4 is 5.78 Å². The zero-order valence-corrected chi connectivity index (χ0v) is 10.2. The van der Waals surface area contributed by atoms with E-state index in [0.29, 0.717) is 18.6 Å². The lowest BCUT2D eigenvalue weighted by Crippen LogP contribution is -2.32. The van der Waals surface area contributed by atoms with Gasteiger partial charge in [0, 0.05) is 33.1 Å². The van der Waals surface area contributed by atoms with E-state index in [2.05, 4.69) is 28.4 Å². The Labute approximate surface area is 93.0 Å². The minimum Gasteiger partial charge on any atom is -0.310 e. The van der Waals surface area contributed by atoms with Crippen molar-refractivity contribution in [1.82, 2.24) is 10.0 Å². The highest BCUT2D eigenvalue weighted by molar-refractivity contribution is 5.77. The second-order valence-electron chi connectivity index (χ2n) is 3.48. The van der Waals surface area contributed by atoms with Gasteiger partial charge in [-0.3, -0.25) is 4.79 Å². The molecular formula is C12H22N2O. The van der Waals surface area contributed by atoms with Gasteiger partial charge in [0.25, 0.3) is 0 Å². The molecule has 0 bridgehead atoms. The standard InChI is InChI=1S/C7H12N2.C5H10O/c1-8(2)9-6-4-3-5-7-9;1-3-5(6)4-2/h3-6H,7H2,1-2H3;3-4H2,1-2H3. The van der Waals surface area contributed by atoms with E-state index in [9.17, 15) is 4.79 Å². The minimum absolute atomic E-state index is 0.343. The number of carbonyl (C=O) groups excluding carboxylic acids is 1. The summed E-state index contributed by atoms with van der Waals surface area (Å²) in [6.45, 7) is 4.75. The molecule has 1 aliphatic rings. The Bertz CT molecular complexity index is 226. The number of hydrogen-bond donors (Lipinski definition) is 0. The average Bonchev–Trinajstić information content (AvgIpc) is 2.30. The third-order valence-corrected chi connectivity index (χ3v) is 2.10. The number of allylic oxidation sites excluding steroid dienone is 2. The molecule has 0 fully saturated rings.